The number of aromatic nitrogens is 1. The summed E-state index contributed by atoms with van der Waals surface area (Å²) in [5.41, 5.74) is 3.98. The molecule has 5 rings (SSSR count). The number of nitrogens with zero attached hydrogens (tertiary/aromatic N) is 2. The molecule has 0 radical (unpaired) electrons. The van der Waals surface area contributed by atoms with Crippen LogP contribution >= 0.6 is 0 Å². The zero-order valence-corrected chi connectivity index (χ0v) is 17.0. The second-order valence-electron chi connectivity index (χ2n) is 7.83. The van der Waals surface area contributed by atoms with E-state index in [9.17, 15) is 0 Å². The Balaban J connectivity index is 1.43. The minimum absolute atomic E-state index is 0.252. The second-order valence-corrected chi connectivity index (χ2v) is 7.83. The lowest BCUT2D eigenvalue weighted by molar-refractivity contribution is 0.220. The van der Waals surface area contributed by atoms with Crippen molar-refractivity contribution in [3.63, 3.8) is 0 Å². The summed E-state index contributed by atoms with van der Waals surface area (Å²) in [6.07, 6.45) is 3.36. The lowest BCUT2D eigenvalue weighted by Gasteiger charge is -2.30. The molecule has 1 atom stereocenters. The Morgan fingerprint density at radius 3 is 2.33 bits per heavy atom. The van der Waals surface area contributed by atoms with Crippen LogP contribution in [-0.2, 0) is 13.1 Å². The summed E-state index contributed by atoms with van der Waals surface area (Å²) in [6, 6.07) is 34.0. The average Bonchev–Trinajstić information content (AvgIpc) is 3.17. The van der Waals surface area contributed by atoms with Crippen molar-refractivity contribution in [2.75, 3.05) is 6.54 Å². The molecule has 1 aliphatic heterocycles. The first kappa shape index (κ1) is 18.7. The van der Waals surface area contributed by atoms with Gasteiger partial charge in [0.15, 0.2) is 0 Å². The van der Waals surface area contributed by atoms with Gasteiger partial charge in [-0.25, -0.2) is 0 Å². The third kappa shape index (κ3) is 4.03. The highest BCUT2D eigenvalue weighted by Crippen LogP contribution is 2.33. The van der Waals surface area contributed by atoms with Crippen molar-refractivity contribution in [1.82, 2.24) is 9.47 Å². The summed E-state index contributed by atoms with van der Waals surface area (Å²) in [4.78, 5) is 2.59. The van der Waals surface area contributed by atoms with Crippen LogP contribution in [0.1, 0.15) is 29.3 Å². The van der Waals surface area contributed by atoms with Crippen molar-refractivity contribution in [2.45, 2.75) is 25.6 Å². The fraction of sp³-hybridized carbons (Fsp3) is 0.185. The number of benzene rings is 3. The highest BCUT2D eigenvalue weighted by atomic mass is 16.5. The topological polar surface area (TPSA) is 17.4 Å². The Labute approximate surface area is 178 Å². The van der Waals surface area contributed by atoms with Gasteiger partial charge in [0.1, 0.15) is 11.5 Å². The molecule has 1 unspecified atom stereocenters. The van der Waals surface area contributed by atoms with Gasteiger partial charge in [-0.15, -0.1) is 0 Å². The van der Waals surface area contributed by atoms with Crippen LogP contribution in [0.5, 0.6) is 11.5 Å². The molecule has 3 heteroatoms. The first-order chi connectivity index (χ1) is 14.9. The van der Waals surface area contributed by atoms with E-state index in [0.29, 0.717) is 0 Å². The molecule has 30 heavy (non-hydrogen) atoms. The quantitative estimate of drug-likeness (QED) is 0.397. The molecular formula is C27H26N2O. The maximum absolute atomic E-state index is 6.07. The predicted molar refractivity (Wildman–Crippen MR) is 121 cm³/mol. The summed E-state index contributed by atoms with van der Waals surface area (Å²) >= 11 is 0. The molecule has 0 N–H and O–H groups in total. The van der Waals surface area contributed by atoms with Gasteiger partial charge in [-0.05, 0) is 53.9 Å². The molecule has 0 bridgehead atoms. The fourth-order valence-corrected chi connectivity index (χ4v) is 4.39. The van der Waals surface area contributed by atoms with E-state index in [1.807, 2.05) is 36.4 Å². The van der Waals surface area contributed by atoms with E-state index in [4.69, 9.17) is 4.74 Å². The number of hydrogen-bond acceptors (Lipinski definition) is 2. The monoisotopic (exact) mass is 394 g/mol. The summed E-state index contributed by atoms with van der Waals surface area (Å²) in [7, 11) is 0. The van der Waals surface area contributed by atoms with Crippen LogP contribution < -0.4 is 4.74 Å². The van der Waals surface area contributed by atoms with Gasteiger partial charge in [0.05, 0.1) is 6.04 Å². The normalized spacial score (nSPS) is 16.6. The van der Waals surface area contributed by atoms with Crippen LogP contribution in [0.25, 0.3) is 0 Å². The highest BCUT2D eigenvalue weighted by molar-refractivity contribution is 5.35. The molecular weight excluding hydrogens is 368 g/mol. The molecule has 4 aromatic rings. The molecule has 0 saturated heterocycles. The first-order valence-corrected chi connectivity index (χ1v) is 10.6. The highest BCUT2D eigenvalue weighted by Gasteiger charge is 2.27. The summed E-state index contributed by atoms with van der Waals surface area (Å²) < 4.78 is 8.47. The van der Waals surface area contributed by atoms with Gasteiger partial charge in [-0.3, -0.25) is 4.90 Å². The minimum Gasteiger partial charge on any atom is -0.457 e. The number of hydrogen-bond donors (Lipinski definition) is 0. The van der Waals surface area contributed by atoms with Crippen LogP contribution in [0.15, 0.2) is 103 Å². The van der Waals surface area contributed by atoms with E-state index in [-0.39, 0.29) is 6.04 Å². The number of para-hydroxylation sites is 1. The van der Waals surface area contributed by atoms with E-state index in [2.05, 4.69) is 76.3 Å². The van der Waals surface area contributed by atoms with Crippen LogP contribution in [0.3, 0.4) is 0 Å². The Kier molecular flexibility index (Phi) is 5.36. The Morgan fingerprint density at radius 1 is 0.733 bits per heavy atom. The smallest absolute Gasteiger partial charge is 0.127 e. The Hall–Kier alpha value is -3.30. The average molecular weight is 395 g/mol. The van der Waals surface area contributed by atoms with E-state index in [0.717, 1.165) is 37.6 Å². The first-order valence-electron chi connectivity index (χ1n) is 10.6. The van der Waals surface area contributed by atoms with E-state index in [1.54, 1.807) is 0 Å². The van der Waals surface area contributed by atoms with Crippen LogP contribution in [-0.4, -0.2) is 16.0 Å². The lowest BCUT2D eigenvalue weighted by atomic mass is 10.0. The van der Waals surface area contributed by atoms with Crippen LogP contribution in [0.2, 0.25) is 0 Å². The van der Waals surface area contributed by atoms with Gasteiger partial charge >= 0.3 is 0 Å². The van der Waals surface area contributed by atoms with Gasteiger partial charge in [0.2, 0.25) is 0 Å². The van der Waals surface area contributed by atoms with Gasteiger partial charge in [0, 0.05) is 31.5 Å². The van der Waals surface area contributed by atoms with Gasteiger partial charge in [0.25, 0.3) is 0 Å². The molecule has 3 nitrogen and oxygen atoms in total. The van der Waals surface area contributed by atoms with Gasteiger partial charge < -0.3 is 9.30 Å². The molecule has 0 amide bonds. The minimum atomic E-state index is 0.252. The number of ether oxygens (including phenoxy) is 1. The Morgan fingerprint density at radius 2 is 1.50 bits per heavy atom. The molecule has 1 aromatic heterocycles. The fourth-order valence-electron chi connectivity index (χ4n) is 4.39. The van der Waals surface area contributed by atoms with Crippen molar-refractivity contribution in [1.29, 1.82) is 0 Å². The van der Waals surface area contributed by atoms with Crippen LogP contribution in [0, 0.1) is 0 Å². The molecule has 150 valence electrons. The predicted octanol–water partition coefficient (Wildman–Crippen LogP) is 6.28. The van der Waals surface area contributed by atoms with Crippen molar-refractivity contribution in [2.24, 2.45) is 0 Å². The zero-order chi connectivity index (χ0) is 20.2. The molecule has 3 aromatic carbocycles. The standard InChI is InChI=1S/C27H26N2O/c1-3-11-23(12-4-1)27-26-16-8-17-28(26)18-9-19-29(27)21-22-10-7-15-25(20-22)30-24-13-5-2-6-14-24/h1-8,10-17,20,27H,9,18-19,21H2. The Bertz CT molecular complexity index is 1090. The largest absolute Gasteiger partial charge is 0.457 e. The molecule has 1 aliphatic rings. The summed E-state index contributed by atoms with van der Waals surface area (Å²) in [6.45, 7) is 3.01. The molecule has 0 fully saturated rings. The summed E-state index contributed by atoms with van der Waals surface area (Å²) in [5, 5.41) is 0. The lowest BCUT2D eigenvalue weighted by Crippen LogP contribution is -2.29. The maximum atomic E-state index is 6.07. The van der Waals surface area contributed by atoms with Crippen molar-refractivity contribution in [3.8, 4) is 11.5 Å². The second kappa shape index (κ2) is 8.60. The van der Waals surface area contributed by atoms with Crippen molar-refractivity contribution in [3.05, 3.63) is 120 Å². The molecule has 2 heterocycles. The number of rotatable bonds is 5. The van der Waals surface area contributed by atoms with Crippen molar-refractivity contribution < 1.29 is 4.74 Å². The van der Waals surface area contributed by atoms with E-state index < -0.39 is 0 Å². The number of aryl methyl sites for hydroxylation is 1. The van der Waals surface area contributed by atoms with E-state index in [1.165, 1.54) is 16.8 Å². The van der Waals surface area contributed by atoms with Gasteiger partial charge in [-0.1, -0.05) is 60.7 Å². The van der Waals surface area contributed by atoms with Crippen molar-refractivity contribution >= 4 is 0 Å². The maximum Gasteiger partial charge on any atom is 0.127 e. The van der Waals surface area contributed by atoms with Gasteiger partial charge in [-0.2, -0.15) is 0 Å². The molecule has 0 spiro atoms. The van der Waals surface area contributed by atoms with E-state index >= 15 is 0 Å². The molecule has 0 saturated carbocycles. The third-order valence-corrected chi connectivity index (χ3v) is 5.73. The zero-order valence-electron chi connectivity index (χ0n) is 17.0. The molecule has 0 aliphatic carbocycles. The third-order valence-electron chi connectivity index (χ3n) is 5.73. The summed E-state index contributed by atoms with van der Waals surface area (Å²) in [5.74, 6) is 1.75. The van der Waals surface area contributed by atoms with Crippen LogP contribution in [0.4, 0.5) is 0 Å². The SMILES string of the molecule is c1ccc(Oc2cccc(CN3CCCn4cccc4C3c3ccccc3)c2)cc1. The number of fused-ring (bicyclic) bond motifs is 1.